The van der Waals surface area contributed by atoms with Crippen molar-refractivity contribution in [3.8, 4) is 11.6 Å². The fraction of sp³-hybridized carbons (Fsp3) is 0.500. The topological polar surface area (TPSA) is 102 Å². The Bertz CT molecular complexity index is 1190. The molecule has 1 aliphatic rings. The van der Waals surface area contributed by atoms with Gasteiger partial charge in [0.2, 0.25) is 16.0 Å². The molecular formula is C22H30N6O3S. The predicted octanol–water partition coefficient (Wildman–Crippen LogP) is 3.22. The van der Waals surface area contributed by atoms with Crippen LogP contribution >= 0.6 is 0 Å². The highest BCUT2D eigenvalue weighted by molar-refractivity contribution is 7.88. The second kappa shape index (κ2) is 9.03. The lowest BCUT2D eigenvalue weighted by molar-refractivity contribution is 0.245. The van der Waals surface area contributed by atoms with Crippen LogP contribution in [0.15, 0.2) is 36.7 Å². The van der Waals surface area contributed by atoms with Gasteiger partial charge >= 0.3 is 0 Å². The van der Waals surface area contributed by atoms with Crippen LogP contribution in [0.1, 0.15) is 39.5 Å². The van der Waals surface area contributed by atoms with E-state index in [0.29, 0.717) is 11.8 Å². The van der Waals surface area contributed by atoms with E-state index in [1.54, 1.807) is 24.1 Å². The average Bonchev–Trinajstić information content (AvgIpc) is 3.18. The van der Waals surface area contributed by atoms with E-state index in [2.05, 4.69) is 20.4 Å². The van der Waals surface area contributed by atoms with Crippen LogP contribution in [0.2, 0.25) is 0 Å². The van der Waals surface area contributed by atoms with Gasteiger partial charge in [-0.25, -0.2) is 22.4 Å². The standard InChI is InChI=1S/C22H30N6O3S/c1-15(2)31-20-7-5-6-19-18(20)14-24-28(19)21-12-13-23-22(26-21)25-16-8-10-17(11-9-16)27(3)32(4,29)30/h5-7,12-17H,8-11H2,1-4H3,(H,23,25,26)/t16-,17-. The normalized spacial score (nSPS) is 19.6. The summed E-state index contributed by atoms with van der Waals surface area (Å²) in [6.45, 7) is 4.00. The van der Waals surface area contributed by atoms with Crippen molar-refractivity contribution in [2.24, 2.45) is 0 Å². The molecule has 0 atom stereocenters. The largest absolute Gasteiger partial charge is 0.490 e. The highest BCUT2D eigenvalue weighted by Crippen LogP contribution is 2.28. The van der Waals surface area contributed by atoms with Crippen molar-refractivity contribution in [3.63, 3.8) is 0 Å². The summed E-state index contributed by atoms with van der Waals surface area (Å²) < 4.78 is 32.8. The molecule has 172 valence electrons. The van der Waals surface area contributed by atoms with E-state index < -0.39 is 10.0 Å². The summed E-state index contributed by atoms with van der Waals surface area (Å²) in [5.41, 5.74) is 0.914. The van der Waals surface area contributed by atoms with Gasteiger partial charge < -0.3 is 10.1 Å². The molecule has 0 saturated heterocycles. The number of anilines is 1. The molecule has 1 aromatic carbocycles. The molecule has 9 nitrogen and oxygen atoms in total. The van der Waals surface area contributed by atoms with Gasteiger partial charge in [-0.1, -0.05) is 6.07 Å². The van der Waals surface area contributed by atoms with Crippen LogP contribution in [0.5, 0.6) is 5.75 Å². The SMILES string of the molecule is CC(C)Oc1cccc2c1cnn2-c1ccnc(N[C@H]2CC[C@H](N(C)S(C)(=O)=O)CC2)n1. The number of sulfonamides is 1. The van der Waals surface area contributed by atoms with Gasteiger partial charge in [-0.05, 0) is 51.7 Å². The Kier molecular flexibility index (Phi) is 6.34. The number of hydrogen-bond acceptors (Lipinski definition) is 7. The second-order valence-corrected chi connectivity index (χ2v) is 10.6. The lowest BCUT2D eigenvalue weighted by Crippen LogP contribution is -2.41. The molecule has 0 bridgehead atoms. The molecule has 0 unspecified atom stereocenters. The maximum absolute atomic E-state index is 11.8. The highest BCUT2D eigenvalue weighted by Gasteiger charge is 2.28. The van der Waals surface area contributed by atoms with E-state index in [1.807, 2.05) is 38.1 Å². The van der Waals surface area contributed by atoms with Gasteiger partial charge in [0, 0.05) is 31.4 Å². The maximum atomic E-state index is 11.8. The molecule has 0 spiro atoms. The minimum atomic E-state index is -3.17. The zero-order valence-electron chi connectivity index (χ0n) is 18.9. The Labute approximate surface area is 188 Å². The summed E-state index contributed by atoms with van der Waals surface area (Å²) in [5, 5.41) is 8.87. The third-order valence-electron chi connectivity index (χ3n) is 5.86. The number of aromatic nitrogens is 4. The number of rotatable bonds is 7. The first-order valence-corrected chi connectivity index (χ1v) is 12.7. The molecular weight excluding hydrogens is 428 g/mol. The molecule has 0 radical (unpaired) electrons. The number of hydrogen-bond donors (Lipinski definition) is 1. The first kappa shape index (κ1) is 22.5. The number of nitrogens with zero attached hydrogens (tertiary/aromatic N) is 5. The first-order chi connectivity index (χ1) is 15.2. The molecule has 10 heteroatoms. The summed E-state index contributed by atoms with van der Waals surface area (Å²) in [4.78, 5) is 9.05. The van der Waals surface area contributed by atoms with Crippen molar-refractivity contribution < 1.29 is 13.2 Å². The smallest absolute Gasteiger partial charge is 0.224 e. The van der Waals surface area contributed by atoms with Gasteiger partial charge in [0.15, 0.2) is 5.82 Å². The van der Waals surface area contributed by atoms with Gasteiger partial charge in [0.05, 0.1) is 29.5 Å². The molecule has 4 rings (SSSR count). The predicted molar refractivity (Wildman–Crippen MR) is 125 cm³/mol. The lowest BCUT2D eigenvalue weighted by Gasteiger charge is -2.33. The monoisotopic (exact) mass is 458 g/mol. The van der Waals surface area contributed by atoms with E-state index in [9.17, 15) is 8.42 Å². The third-order valence-corrected chi connectivity index (χ3v) is 7.21. The van der Waals surface area contributed by atoms with E-state index in [0.717, 1.165) is 42.3 Å². The molecule has 0 aliphatic heterocycles. The van der Waals surface area contributed by atoms with Crippen molar-refractivity contribution in [1.82, 2.24) is 24.1 Å². The van der Waals surface area contributed by atoms with Crippen LogP contribution in [0, 0.1) is 0 Å². The Morgan fingerprint density at radius 1 is 1.19 bits per heavy atom. The molecule has 2 aromatic heterocycles. The quantitative estimate of drug-likeness (QED) is 0.580. The number of benzene rings is 1. The van der Waals surface area contributed by atoms with Gasteiger partial charge in [-0.15, -0.1) is 0 Å². The van der Waals surface area contributed by atoms with Crippen LogP contribution < -0.4 is 10.1 Å². The second-order valence-electron chi connectivity index (χ2n) is 8.58. The zero-order valence-corrected chi connectivity index (χ0v) is 19.7. The molecule has 0 amide bonds. The third kappa shape index (κ3) is 4.86. The molecule has 1 aliphatic carbocycles. The zero-order chi connectivity index (χ0) is 22.9. The summed E-state index contributed by atoms with van der Waals surface area (Å²) in [6, 6.07) is 7.96. The lowest BCUT2D eigenvalue weighted by atomic mass is 9.91. The Hall–Kier alpha value is -2.72. The number of ether oxygens (including phenoxy) is 1. The highest BCUT2D eigenvalue weighted by atomic mass is 32.2. The van der Waals surface area contributed by atoms with Crippen molar-refractivity contribution in [1.29, 1.82) is 0 Å². The summed E-state index contributed by atoms with van der Waals surface area (Å²) in [6.07, 6.45) is 8.18. The van der Waals surface area contributed by atoms with Crippen LogP contribution in [-0.2, 0) is 10.0 Å². The molecule has 32 heavy (non-hydrogen) atoms. The van der Waals surface area contributed by atoms with Crippen LogP contribution in [0.3, 0.4) is 0 Å². The molecule has 1 fully saturated rings. The number of fused-ring (bicyclic) bond motifs is 1. The van der Waals surface area contributed by atoms with E-state index in [4.69, 9.17) is 4.74 Å². The van der Waals surface area contributed by atoms with Crippen LogP contribution in [-0.4, -0.2) is 64.0 Å². The maximum Gasteiger partial charge on any atom is 0.224 e. The van der Waals surface area contributed by atoms with Crippen molar-refractivity contribution in [2.75, 3.05) is 18.6 Å². The van der Waals surface area contributed by atoms with Gasteiger partial charge in [0.1, 0.15) is 5.75 Å². The van der Waals surface area contributed by atoms with Crippen molar-refractivity contribution >= 4 is 26.9 Å². The summed E-state index contributed by atoms with van der Waals surface area (Å²) in [7, 11) is -1.51. The fourth-order valence-electron chi connectivity index (χ4n) is 4.14. The summed E-state index contributed by atoms with van der Waals surface area (Å²) >= 11 is 0. The van der Waals surface area contributed by atoms with E-state index >= 15 is 0 Å². The van der Waals surface area contributed by atoms with E-state index in [-0.39, 0.29) is 18.2 Å². The minimum absolute atomic E-state index is 0.0491. The molecule has 1 saturated carbocycles. The molecule has 2 heterocycles. The molecule has 3 aromatic rings. The van der Waals surface area contributed by atoms with E-state index in [1.165, 1.54) is 10.6 Å². The van der Waals surface area contributed by atoms with Crippen molar-refractivity contribution in [2.45, 2.75) is 57.7 Å². The Morgan fingerprint density at radius 3 is 2.62 bits per heavy atom. The van der Waals surface area contributed by atoms with Gasteiger partial charge in [-0.3, -0.25) is 0 Å². The average molecular weight is 459 g/mol. The summed E-state index contributed by atoms with van der Waals surface area (Å²) in [5.74, 6) is 2.01. The van der Waals surface area contributed by atoms with Crippen molar-refractivity contribution in [3.05, 3.63) is 36.7 Å². The van der Waals surface area contributed by atoms with Crippen LogP contribution in [0.4, 0.5) is 5.95 Å². The van der Waals surface area contributed by atoms with Crippen LogP contribution in [0.25, 0.3) is 16.7 Å². The molecule has 1 N–H and O–H groups in total. The Balaban J connectivity index is 1.48. The van der Waals surface area contributed by atoms with Gasteiger partial charge in [-0.2, -0.15) is 10.1 Å². The first-order valence-electron chi connectivity index (χ1n) is 10.9. The Morgan fingerprint density at radius 2 is 1.94 bits per heavy atom. The minimum Gasteiger partial charge on any atom is -0.490 e. The fourth-order valence-corrected chi connectivity index (χ4v) is 4.89. The van der Waals surface area contributed by atoms with Gasteiger partial charge in [0.25, 0.3) is 0 Å². The number of nitrogens with one attached hydrogen (secondary N) is 1.